The van der Waals surface area contributed by atoms with Crippen LogP contribution in [0.4, 0.5) is 0 Å². The van der Waals surface area contributed by atoms with E-state index >= 15 is 0 Å². The molecule has 1 nitrogen and oxygen atoms in total. The summed E-state index contributed by atoms with van der Waals surface area (Å²) in [5.74, 6) is 0. The fourth-order valence-electron chi connectivity index (χ4n) is 1.58. The van der Waals surface area contributed by atoms with E-state index in [0.29, 0.717) is 0 Å². The largest absolute Gasteiger partial charge is 0.378 e. The van der Waals surface area contributed by atoms with Gasteiger partial charge in [-0.2, -0.15) is 0 Å². The molecular weight excluding hydrogens is 122 g/mol. The van der Waals surface area contributed by atoms with E-state index in [0.717, 1.165) is 0 Å². The molecule has 0 unspecified atom stereocenters. The van der Waals surface area contributed by atoms with E-state index in [-0.39, 0.29) is 0 Å². The van der Waals surface area contributed by atoms with Gasteiger partial charge in [0.15, 0.2) is 0 Å². The van der Waals surface area contributed by atoms with E-state index < -0.39 is 0 Å². The van der Waals surface area contributed by atoms with Crippen LogP contribution in [-0.4, -0.2) is 18.5 Å². The van der Waals surface area contributed by atoms with Gasteiger partial charge in [-0.25, -0.2) is 0 Å². The van der Waals surface area contributed by atoms with Gasteiger partial charge in [0, 0.05) is 19.3 Å². The van der Waals surface area contributed by atoms with Crippen molar-refractivity contribution in [1.82, 2.24) is 4.90 Å². The van der Waals surface area contributed by atoms with Crippen molar-refractivity contribution >= 4 is 0 Å². The van der Waals surface area contributed by atoms with Crippen LogP contribution < -0.4 is 0 Å². The van der Waals surface area contributed by atoms with Gasteiger partial charge >= 0.3 is 0 Å². The van der Waals surface area contributed by atoms with Crippen molar-refractivity contribution in [2.24, 2.45) is 0 Å². The summed E-state index contributed by atoms with van der Waals surface area (Å²) in [7, 11) is 2.18. The van der Waals surface area contributed by atoms with E-state index in [2.05, 4.69) is 25.8 Å². The first kappa shape index (κ1) is 7.64. The molecule has 58 valence electrons. The number of nitrogens with zero attached hydrogens (tertiary/aromatic N) is 1. The first-order valence-electron chi connectivity index (χ1n) is 4.15. The van der Waals surface area contributed by atoms with Crippen LogP contribution in [0, 0.1) is 0 Å². The van der Waals surface area contributed by atoms with Crippen molar-refractivity contribution in [3.63, 3.8) is 0 Å². The van der Waals surface area contributed by atoms with E-state index in [1.165, 1.54) is 31.5 Å². The molecule has 0 radical (unpaired) electrons. The summed E-state index contributed by atoms with van der Waals surface area (Å²) in [4.78, 5) is 2.36. The minimum Gasteiger partial charge on any atom is -0.378 e. The van der Waals surface area contributed by atoms with Crippen LogP contribution in [-0.2, 0) is 0 Å². The summed E-state index contributed by atoms with van der Waals surface area (Å²) >= 11 is 0. The standard InChI is InChI=1S/C9H17N/c1-4-9-6-5-7-10(3)8(9)2/h4-7H2,1-3H3. The highest BCUT2D eigenvalue weighted by Crippen LogP contribution is 2.22. The van der Waals surface area contributed by atoms with Crippen LogP contribution in [0.25, 0.3) is 0 Å². The molecule has 1 heterocycles. The lowest BCUT2D eigenvalue weighted by Crippen LogP contribution is -2.22. The number of allylic oxidation sites excluding steroid dienone is 2. The minimum absolute atomic E-state index is 1.23. The van der Waals surface area contributed by atoms with Gasteiger partial charge in [-0.1, -0.05) is 12.5 Å². The average Bonchev–Trinajstić information content (AvgIpc) is 1.95. The van der Waals surface area contributed by atoms with Crippen molar-refractivity contribution in [2.75, 3.05) is 13.6 Å². The van der Waals surface area contributed by atoms with Crippen molar-refractivity contribution in [3.05, 3.63) is 11.3 Å². The highest BCUT2D eigenvalue weighted by molar-refractivity contribution is 5.13. The van der Waals surface area contributed by atoms with Gasteiger partial charge in [-0.05, 0) is 26.2 Å². The van der Waals surface area contributed by atoms with Gasteiger partial charge in [0.05, 0.1) is 0 Å². The summed E-state index contributed by atoms with van der Waals surface area (Å²) in [5.41, 5.74) is 3.16. The Kier molecular flexibility index (Phi) is 2.36. The Hall–Kier alpha value is -0.460. The molecule has 1 rings (SSSR count). The molecule has 0 N–H and O–H groups in total. The van der Waals surface area contributed by atoms with E-state index in [4.69, 9.17) is 0 Å². The van der Waals surface area contributed by atoms with Gasteiger partial charge in [-0.3, -0.25) is 0 Å². The van der Waals surface area contributed by atoms with E-state index in [1.54, 1.807) is 5.57 Å². The van der Waals surface area contributed by atoms with Crippen molar-refractivity contribution in [1.29, 1.82) is 0 Å². The van der Waals surface area contributed by atoms with Crippen LogP contribution in [0.3, 0.4) is 0 Å². The lowest BCUT2D eigenvalue weighted by Gasteiger charge is -2.28. The second-order valence-electron chi connectivity index (χ2n) is 3.07. The number of rotatable bonds is 1. The monoisotopic (exact) mass is 139 g/mol. The third-order valence-corrected chi connectivity index (χ3v) is 2.48. The fraction of sp³-hybridized carbons (Fsp3) is 0.778. The second kappa shape index (κ2) is 3.09. The van der Waals surface area contributed by atoms with Crippen LogP contribution in [0.5, 0.6) is 0 Å². The number of hydrogen-bond acceptors (Lipinski definition) is 1. The highest BCUT2D eigenvalue weighted by atomic mass is 15.1. The predicted octanol–water partition coefficient (Wildman–Crippen LogP) is 2.40. The molecule has 1 aliphatic heterocycles. The van der Waals surface area contributed by atoms with Crippen LogP contribution in [0.2, 0.25) is 0 Å². The molecule has 0 aromatic carbocycles. The van der Waals surface area contributed by atoms with Crippen molar-refractivity contribution < 1.29 is 0 Å². The summed E-state index contributed by atoms with van der Waals surface area (Å²) in [6, 6.07) is 0. The minimum atomic E-state index is 1.23. The fourth-order valence-corrected chi connectivity index (χ4v) is 1.58. The summed E-state index contributed by atoms with van der Waals surface area (Å²) in [5, 5.41) is 0. The smallest absolute Gasteiger partial charge is 0.0174 e. The van der Waals surface area contributed by atoms with Crippen LogP contribution in [0.1, 0.15) is 33.1 Å². The maximum atomic E-state index is 2.36. The van der Waals surface area contributed by atoms with Crippen molar-refractivity contribution in [2.45, 2.75) is 33.1 Å². The first-order chi connectivity index (χ1) is 4.75. The van der Waals surface area contributed by atoms with Gasteiger partial charge in [-0.15, -0.1) is 0 Å². The maximum absolute atomic E-state index is 2.36. The molecule has 0 fully saturated rings. The Morgan fingerprint density at radius 2 is 2.20 bits per heavy atom. The lowest BCUT2D eigenvalue weighted by molar-refractivity contribution is 0.376. The third-order valence-electron chi connectivity index (χ3n) is 2.48. The normalized spacial score (nSPS) is 20.1. The van der Waals surface area contributed by atoms with E-state index in [9.17, 15) is 0 Å². The maximum Gasteiger partial charge on any atom is 0.0174 e. The molecular formula is C9H17N. The van der Waals surface area contributed by atoms with Gasteiger partial charge < -0.3 is 4.90 Å². The predicted molar refractivity (Wildman–Crippen MR) is 44.9 cm³/mol. The molecule has 0 saturated heterocycles. The Balaban J connectivity index is 2.72. The van der Waals surface area contributed by atoms with Gasteiger partial charge in [0.1, 0.15) is 0 Å². The molecule has 0 atom stereocenters. The summed E-state index contributed by atoms with van der Waals surface area (Å²) < 4.78 is 0. The molecule has 0 amide bonds. The first-order valence-corrected chi connectivity index (χ1v) is 4.15. The Bertz CT molecular complexity index is 147. The molecule has 0 spiro atoms. The van der Waals surface area contributed by atoms with Crippen molar-refractivity contribution in [3.8, 4) is 0 Å². The quantitative estimate of drug-likeness (QED) is 0.539. The molecule has 1 aliphatic rings. The molecule has 0 aromatic heterocycles. The zero-order valence-electron chi connectivity index (χ0n) is 7.28. The van der Waals surface area contributed by atoms with Gasteiger partial charge in [0.2, 0.25) is 0 Å². The molecule has 0 aliphatic carbocycles. The molecule has 1 heteroatoms. The average molecular weight is 139 g/mol. The Morgan fingerprint density at radius 3 is 2.70 bits per heavy atom. The topological polar surface area (TPSA) is 3.24 Å². The SMILES string of the molecule is CCC1=C(C)N(C)CCC1. The Labute approximate surface area is 63.7 Å². The molecule has 0 bridgehead atoms. The molecule has 10 heavy (non-hydrogen) atoms. The number of hydrogen-bond donors (Lipinski definition) is 0. The van der Waals surface area contributed by atoms with E-state index in [1.807, 2.05) is 0 Å². The Morgan fingerprint density at radius 1 is 1.50 bits per heavy atom. The molecule has 0 saturated carbocycles. The molecule has 0 aromatic rings. The van der Waals surface area contributed by atoms with Crippen LogP contribution >= 0.6 is 0 Å². The summed E-state index contributed by atoms with van der Waals surface area (Å²) in [6.45, 7) is 5.73. The van der Waals surface area contributed by atoms with Gasteiger partial charge in [0.25, 0.3) is 0 Å². The lowest BCUT2D eigenvalue weighted by atomic mass is 10.0. The third kappa shape index (κ3) is 1.34. The zero-order valence-corrected chi connectivity index (χ0v) is 7.28. The van der Waals surface area contributed by atoms with Crippen LogP contribution in [0.15, 0.2) is 11.3 Å². The second-order valence-corrected chi connectivity index (χ2v) is 3.07. The zero-order chi connectivity index (χ0) is 7.56. The summed E-state index contributed by atoms with van der Waals surface area (Å²) in [6.07, 6.45) is 3.90. The highest BCUT2D eigenvalue weighted by Gasteiger charge is 2.10.